The van der Waals surface area contributed by atoms with Crippen molar-refractivity contribution in [2.45, 2.75) is 43.0 Å². The van der Waals surface area contributed by atoms with Gasteiger partial charge in [-0.15, -0.1) is 0 Å². The quantitative estimate of drug-likeness (QED) is 0.358. The van der Waals surface area contributed by atoms with Crippen molar-refractivity contribution in [1.29, 1.82) is 0 Å². The summed E-state index contributed by atoms with van der Waals surface area (Å²) >= 11 is 0. The molecule has 2 aromatic carbocycles. The van der Waals surface area contributed by atoms with Crippen molar-refractivity contribution >= 4 is 33.8 Å². The second-order valence-electron chi connectivity index (χ2n) is 10.6. The third-order valence-corrected chi connectivity index (χ3v) is 9.71. The molecule has 9 heteroatoms. The Bertz CT molecular complexity index is 1430. The number of ether oxygens (including phenoxy) is 1. The molecule has 5 rings (SSSR count). The molecule has 0 radical (unpaired) electrons. The number of nitrogens with zero attached hydrogens (tertiary/aromatic N) is 4. The number of amides is 1. The lowest BCUT2D eigenvalue weighted by molar-refractivity contribution is -0.119. The number of likely N-dealkylation sites (tertiary alicyclic amines) is 2. The molecule has 0 spiro atoms. The molecule has 0 bridgehead atoms. The topological polar surface area (TPSA) is 83.0 Å². The lowest BCUT2D eigenvalue weighted by atomic mass is 10.00. The summed E-state index contributed by atoms with van der Waals surface area (Å²) in [5.74, 6) is 0.0705. The fraction of sp³-hybridized carbons (Fsp3) is 0.375. The van der Waals surface area contributed by atoms with Gasteiger partial charge in [-0.1, -0.05) is 36.8 Å². The van der Waals surface area contributed by atoms with Crippen molar-refractivity contribution in [2.24, 2.45) is 0 Å². The van der Waals surface area contributed by atoms with E-state index in [1.807, 2.05) is 36.4 Å². The van der Waals surface area contributed by atoms with Crippen LogP contribution in [0.5, 0.6) is 5.75 Å². The number of carbonyl (C=O) groups excluding carboxylic acids is 1. The highest BCUT2D eigenvalue weighted by Crippen LogP contribution is 2.30. The Kier molecular flexibility index (Phi) is 9.49. The Morgan fingerprint density at radius 2 is 1.61 bits per heavy atom. The number of para-hydroxylation sites is 1. The Balaban J connectivity index is 1.42. The number of carbonyl (C=O) groups is 1. The van der Waals surface area contributed by atoms with Crippen molar-refractivity contribution in [3.63, 3.8) is 0 Å². The van der Waals surface area contributed by atoms with Gasteiger partial charge in [0.2, 0.25) is 0 Å². The first-order chi connectivity index (χ1) is 20.0. The Labute approximate surface area is 243 Å². The van der Waals surface area contributed by atoms with Crippen molar-refractivity contribution in [2.75, 3.05) is 44.1 Å². The molecule has 2 fully saturated rings. The molecule has 3 aromatic rings. The Hall–Kier alpha value is -3.53. The SMILES string of the molecule is COc1ccc(S(=O)(=O)N(C(=O)CN2CCC(N3CCCCC3)CC2)c2ccccc2C=Cc2ccncc2)cc1. The molecule has 2 aliphatic rings. The fourth-order valence-corrected chi connectivity index (χ4v) is 7.15. The average molecular weight is 575 g/mol. The van der Waals surface area contributed by atoms with E-state index in [2.05, 4.69) is 14.8 Å². The molecule has 41 heavy (non-hydrogen) atoms. The van der Waals surface area contributed by atoms with Crippen LogP contribution in [0.1, 0.15) is 43.2 Å². The van der Waals surface area contributed by atoms with Gasteiger partial charge in [0.15, 0.2) is 0 Å². The normalized spacial score (nSPS) is 17.5. The van der Waals surface area contributed by atoms with Gasteiger partial charge >= 0.3 is 0 Å². The standard InChI is InChI=1S/C32H38N4O4S/c1-40-29-11-13-30(14-12-29)41(38,39)36(31-8-4-3-7-27(31)10-9-26-15-19-33-20-16-26)32(37)25-34-23-17-28(18-24-34)35-21-5-2-6-22-35/h3-4,7-16,19-20,28H,2,5-6,17-18,21-25H2,1H3. The third kappa shape index (κ3) is 7.04. The van der Waals surface area contributed by atoms with Gasteiger partial charge in [0.25, 0.3) is 15.9 Å². The van der Waals surface area contributed by atoms with Crippen molar-refractivity contribution in [1.82, 2.24) is 14.8 Å². The number of hydrogen-bond donors (Lipinski definition) is 0. The molecule has 3 heterocycles. The molecule has 1 amide bonds. The largest absolute Gasteiger partial charge is 0.497 e. The van der Waals surface area contributed by atoms with E-state index in [1.165, 1.54) is 38.5 Å². The van der Waals surface area contributed by atoms with Gasteiger partial charge in [-0.05, 0) is 92.4 Å². The first kappa shape index (κ1) is 29.0. The molecule has 2 saturated heterocycles. The van der Waals surface area contributed by atoms with Crippen LogP contribution in [0.4, 0.5) is 5.69 Å². The summed E-state index contributed by atoms with van der Waals surface area (Å²) in [5.41, 5.74) is 1.86. The van der Waals surface area contributed by atoms with Gasteiger partial charge in [0, 0.05) is 31.5 Å². The molecule has 8 nitrogen and oxygen atoms in total. The van der Waals surface area contributed by atoms with E-state index in [1.54, 1.807) is 36.7 Å². The number of pyridine rings is 1. The van der Waals surface area contributed by atoms with Crippen LogP contribution in [0, 0.1) is 0 Å². The van der Waals surface area contributed by atoms with Gasteiger partial charge in [-0.2, -0.15) is 0 Å². The van der Waals surface area contributed by atoms with E-state index >= 15 is 0 Å². The van der Waals surface area contributed by atoms with Crippen LogP contribution < -0.4 is 9.04 Å². The molecule has 2 aliphatic heterocycles. The number of benzene rings is 2. The van der Waals surface area contributed by atoms with Crippen molar-refractivity contribution < 1.29 is 17.9 Å². The van der Waals surface area contributed by atoms with E-state index in [-0.39, 0.29) is 11.4 Å². The van der Waals surface area contributed by atoms with Gasteiger partial charge in [-0.3, -0.25) is 14.7 Å². The van der Waals surface area contributed by atoms with E-state index in [0.29, 0.717) is 23.0 Å². The van der Waals surface area contributed by atoms with Crippen LogP contribution >= 0.6 is 0 Å². The highest BCUT2D eigenvalue weighted by Gasteiger charge is 2.34. The first-order valence-corrected chi connectivity index (χ1v) is 15.8. The maximum absolute atomic E-state index is 14.1. The lowest BCUT2D eigenvalue weighted by Crippen LogP contribution is -2.50. The summed E-state index contributed by atoms with van der Waals surface area (Å²) in [6.45, 7) is 3.88. The second-order valence-corrected chi connectivity index (χ2v) is 12.4. The average Bonchev–Trinajstić information content (AvgIpc) is 3.02. The summed E-state index contributed by atoms with van der Waals surface area (Å²) < 4.78 is 34.4. The summed E-state index contributed by atoms with van der Waals surface area (Å²) in [5, 5.41) is 0. The minimum absolute atomic E-state index is 0.0309. The molecule has 0 saturated carbocycles. The van der Waals surface area contributed by atoms with Gasteiger partial charge < -0.3 is 9.64 Å². The summed E-state index contributed by atoms with van der Waals surface area (Å²) in [4.78, 5) is 22.8. The Morgan fingerprint density at radius 1 is 0.927 bits per heavy atom. The monoisotopic (exact) mass is 574 g/mol. The van der Waals surface area contributed by atoms with Crippen LogP contribution in [-0.4, -0.2) is 75.0 Å². The molecule has 0 unspecified atom stereocenters. The molecule has 0 aliphatic carbocycles. The highest BCUT2D eigenvalue weighted by atomic mass is 32.2. The number of piperidine rings is 2. The number of sulfonamides is 1. The number of methoxy groups -OCH3 is 1. The van der Waals surface area contributed by atoms with Crippen LogP contribution in [0.25, 0.3) is 12.2 Å². The van der Waals surface area contributed by atoms with Crippen molar-refractivity contribution in [3.05, 3.63) is 84.2 Å². The molecule has 1 aromatic heterocycles. The van der Waals surface area contributed by atoms with E-state index in [4.69, 9.17) is 4.74 Å². The maximum atomic E-state index is 14.1. The van der Waals surface area contributed by atoms with Crippen LogP contribution in [0.3, 0.4) is 0 Å². The van der Waals surface area contributed by atoms with Crippen molar-refractivity contribution in [3.8, 4) is 5.75 Å². The Morgan fingerprint density at radius 3 is 2.29 bits per heavy atom. The number of aromatic nitrogens is 1. The van der Waals surface area contributed by atoms with E-state index < -0.39 is 15.9 Å². The van der Waals surface area contributed by atoms with Gasteiger partial charge in [0.1, 0.15) is 5.75 Å². The van der Waals surface area contributed by atoms with Crippen LogP contribution in [0.2, 0.25) is 0 Å². The smallest absolute Gasteiger partial charge is 0.270 e. The van der Waals surface area contributed by atoms with Gasteiger partial charge in [-0.25, -0.2) is 12.7 Å². The summed E-state index contributed by atoms with van der Waals surface area (Å²) in [6.07, 6.45) is 12.9. The van der Waals surface area contributed by atoms with Gasteiger partial charge in [0.05, 0.1) is 24.2 Å². The number of hydrogen-bond acceptors (Lipinski definition) is 7. The number of rotatable bonds is 9. The predicted molar refractivity (Wildman–Crippen MR) is 162 cm³/mol. The maximum Gasteiger partial charge on any atom is 0.270 e. The van der Waals surface area contributed by atoms with Crippen LogP contribution in [-0.2, 0) is 14.8 Å². The first-order valence-electron chi connectivity index (χ1n) is 14.3. The van der Waals surface area contributed by atoms with Crippen LogP contribution in [0.15, 0.2) is 78.0 Å². The lowest BCUT2D eigenvalue weighted by Gasteiger charge is -2.40. The molecular formula is C32H38N4O4S. The molecular weight excluding hydrogens is 536 g/mol. The van der Waals surface area contributed by atoms with E-state index in [0.717, 1.165) is 48.9 Å². The molecule has 0 N–H and O–H groups in total. The number of anilines is 1. The minimum Gasteiger partial charge on any atom is -0.497 e. The summed E-state index contributed by atoms with van der Waals surface area (Å²) in [7, 11) is -2.69. The second kappa shape index (κ2) is 13.4. The zero-order valence-corrected chi connectivity index (χ0v) is 24.4. The molecule has 216 valence electrons. The zero-order chi connectivity index (χ0) is 28.7. The highest BCUT2D eigenvalue weighted by molar-refractivity contribution is 7.93. The minimum atomic E-state index is -4.21. The van der Waals surface area contributed by atoms with E-state index in [9.17, 15) is 13.2 Å². The molecule has 0 atom stereocenters. The third-order valence-electron chi connectivity index (χ3n) is 7.96. The fourth-order valence-electron chi connectivity index (χ4n) is 5.71. The zero-order valence-electron chi connectivity index (χ0n) is 23.6. The summed E-state index contributed by atoms with van der Waals surface area (Å²) in [6, 6.07) is 17.5. The predicted octanol–water partition coefficient (Wildman–Crippen LogP) is 4.93.